The second-order valence-corrected chi connectivity index (χ2v) is 18.5. The molecular weight excluding hydrogens is 532 g/mol. The van der Waals surface area contributed by atoms with Crippen LogP contribution in [0.25, 0.3) is 0 Å². The molecule has 0 N–H and O–H groups in total. The summed E-state index contributed by atoms with van der Waals surface area (Å²) in [6.07, 6.45) is 23.6. The fourth-order valence-electron chi connectivity index (χ4n) is 15.3. The largest absolute Gasteiger partial charge is 0.300 e. The van der Waals surface area contributed by atoms with Gasteiger partial charge in [-0.15, -0.1) is 0 Å². The number of fused-ring (bicyclic) bond motifs is 10. The fourth-order valence-corrected chi connectivity index (χ4v) is 15.3. The first-order valence-electron chi connectivity index (χ1n) is 20.0. The molecule has 1 aromatic carbocycles. The topological polar surface area (TPSA) is 6.48 Å². The Bertz CT molecular complexity index is 1080. The zero-order valence-corrected chi connectivity index (χ0v) is 28.8. The number of hydrogen-bond donors (Lipinski definition) is 0. The van der Waals surface area contributed by atoms with Gasteiger partial charge in [-0.05, 0) is 173 Å². The molecule has 0 bridgehead atoms. The van der Waals surface area contributed by atoms with Crippen LogP contribution in [0, 0.1) is 71.0 Å². The Kier molecular flexibility index (Phi) is 7.58. The van der Waals surface area contributed by atoms with Crippen LogP contribution in [0.5, 0.6) is 0 Å². The first-order valence-corrected chi connectivity index (χ1v) is 20.0. The summed E-state index contributed by atoms with van der Waals surface area (Å²) in [6.45, 7) is 5.11. The average Bonchev–Trinajstić information content (AvgIpc) is 3.71. The SMILES string of the molecule is CC1CCC2C(C1)C1C(Cc3ccc(CC4C5CCCCC5C5C4C4CC(C)CCC4N5C)cc3)C3CCCCC3C1N2C. The number of benzene rings is 1. The molecule has 9 rings (SSSR count). The highest BCUT2D eigenvalue weighted by atomic mass is 15.2. The van der Waals surface area contributed by atoms with Crippen LogP contribution in [0.15, 0.2) is 24.3 Å². The molecule has 2 aliphatic heterocycles. The molecule has 242 valence electrons. The molecule has 44 heavy (non-hydrogen) atoms. The van der Waals surface area contributed by atoms with E-state index in [1.165, 1.54) is 103 Å². The highest BCUT2D eigenvalue weighted by Gasteiger charge is 2.62. The zero-order valence-electron chi connectivity index (χ0n) is 28.8. The molecule has 1 aromatic rings. The van der Waals surface area contributed by atoms with Crippen LogP contribution >= 0.6 is 0 Å². The smallest absolute Gasteiger partial charge is 0.0161 e. The molecular formula is C42H64N2. The minimum absolute atomic E-state index is 0.884. The molecule has 0 amide bonds. The maximum absolute atomic E-state index is 2.96. The molecule has 8 fully saturated rings. The van der Waals surface area contributed by atoms with Crippen molar-refractivity contribution in [3.05, 3.63) is 35.4 Å². The van der Waals surface area contributed by atoms with Gasteiger partial charge in [-0.3, -0.25) is 9.80 Å². The van der Waals surface area contributed by atoms with Gasteiger partial charge in [0.1, 0.15) is 0 Å². The molecule has 2 heteroatoms. The van der Waals surface area contributed by atoms with E-state index < -0.39 is 0 Å². The van der Waals surface area contributed by atoms with E-state index in [0.717, 1.165) is 95.2 Å². The minimum atomic E-state index is 0.884. The van der Waals surface area contributed by atoms with Crippen LogP contribution < -0.4 is 0 Å². The Balaban J connectivity index is 0.954. The van der Waals surface area contributed by atoms with Crippen molar-refractivity contribution in [2.75, 3.05) is 14.1 Å². The highest BCUT2D eigenvalue weighted by Crippen LogP contribution is 2.62. The normalized spacial score (nSPS) is 51.7. The molecule has 8 aliphatic rings. The van der Waals surface area contributed by atoms with Gasteiger partial charge in [0.15, 0.2) is 0 Å². The van der Waals surface area contributed by atoms with E-state index in [4.69, 9.17) is 0 Å². The summed E-state index contributed by atoms with van der Waals surface area (Å²) < 4.78 is 0. The van der Waals surface area contributed by atoms with E-state index >= 15 is 0 Å². The Morgan fingerprint density at radius 3 is 1.30 bits per heavy atom. The predicted molar refractivity (Wildman–Crippen MR) is 182 cm³/mol. The van der Waals surface area contributed by atoms with Gasteiger partial charge in [0.05, 0.1) is 0 Å². The van der Waals surface area contributed by atoms with Crippen molar-refractivity contribution < 1.29 is 0 Å². The van der Waals surface area contributed by atoms with E-state index in [1.807, 2.05) is 0 Å². The molecule has 0 spiro atoms. The molecule has 2 heterocycles. The number of rotatable bonds is 4. The second kappa shape index (κ2) is 11.4. The van der Waals surface area contributed by atoms with E-state index in [9.17, 15) is 0 Å². The van der Waals surface area contributed by atoms with Crippen molar-refractivity contribution >= 4 is 0 Å². The summed E-state index contributed by atoms with van der Waals surface area (Å²) in [5.74, 6) is 11.6. The molecule has 16 atom stereocenters. The lowest BCUT2D eigenvalue weighted by molar-refractivity contribution is 0.0933. The summed E-state index contributed by atoms with van der Waals surface area (Å²) in [4.78, 5) is 5.91. The highest BCUT2D eigenvalue weighted by molar-refractivity contribution is 5.26. The van der Waals surface area contributed by atoms with Gasteiger partial charge in [-0.1, -0.05) is 63.8 Å². The van der Waals surface area contributed by atoms with Gasteiger partial charge in [0, 0.05) is 24.2 Å². The number of nitrogens with zero attached hydrogens (tertiary/aromatic N) is 2. The summed E-state index contributed by atoms with van der Waals surface area (Å²) in [5, 5.41) is 0. The Labute approximate surface area is 270 Å². The molecule has 6 saturated carbocycles. The first-order chi connectivity index (χ1) is 21.5. The fraction of sp³-hybridized carbons (Fsp3) is 0.857. The van der Waals surface area contributed by atoms with Crippen molar-refractivity contribution in [1.29, 1.82) is 0 Å². The number of hydrogen-bond acceptors (Lipinski definition) is 2. The first kappa shape index (κ1) is 29.3. The third kappa shape index (κ3) is 4.52. The number of likely N-dealkylation sites (tertiary alicyclic amines) is 2. The van der Waals surface area contributed by atoms with Crippen molar-refractivity contribution in [2.45, 2.75) is 141 Å². The van der Waals surface area contributed by atoms with Gasteiger partial charge in [-0.2, -0.15) is 0 Å². The molecule has 2 nitrogen and oxygen atoms in total. The minimum Gasteiger partial charge on any atom is -0.300 e. The van der Waals surface area contributed by atoms with Gasteiger partial charge >= 0.3 is 0 Å². The van der Waals surface area contributed by atoms with Crippen LogP contribution in [-0.2, 0) is 12.8 Å². The lowest BCUT2D eigenvalue weighted by Crippen LogP contribution is -2.41. The van der Waals surface area contributed by atoms with Crippen molar-refractivity contribution in [3.8, 4) is 0 Å². The Morgan fingerprint density at radius 1 is 0.500 bits per heavy atom. The average molecular weight is 597 g/mol. The summed E-state index contributed by atoms with van der Waals surface area (Å²) in [5.41, 5.74) is 3.33. The van der Waals surface area contributed by atoms with Crippen LogP contribution in [0.3, 0.4) is 0 Å². The van der Waals surface area contributed by atoms with E-state index in [2.05, 4.69) is 62.0 Å². The molecule has 0 aromatic heterocycles. The van der Waals surface area contributed by atoms with Gasteiger partial charge in [0.2, 0.25) is 0 Å². The molecule has 2 saturated heterocycles. The maximum Gasteiger partial charge on any atom is 0.0161 e. The van der Waals surface area contributed by atoms with E-state index in [0.29, 0.717) is 0 Å². The van der Waals surface area contributed by atoms with Gasteiger partial charge < -0.3 is 0 Å². The van der Waals surface area contributed by atoms with E-state index in [-0.39, 0.29) is 0 Å². The van der Waals surface area contributed by atoms with Gasteiger partial charge in [0.25, 0.3) is 0 Å². The summed E-state index contributed by atoms with van der Waals surface area (Å²) >= 11 is 0. The van der Waals surface area contributed by atoms with Crippen LogP contribution in [0.4, 0.5) is 0 Å². The Morgan fingerprint density at radius 2 is 0.886 bits per heavy atom. The zero-order chi connectivity index (χ0) is 29.7. The summed E-state index contributed by atoms with van der Waals surface area (Å²) in [7, 11) is 5.09. The molecule has 0 radical (unpaired) electrons. The van der Waals surface area contributed by atoms with Crippen molar-refractivity contribution in [1.82, 2.24) is 9.80 Å². The van der Waals surface area contributed by atoms with E-state index in [1.54, 1.807) is 11.1 Å². The lowest BCUT2D eigenvalue weighted by Gasteiger charge is -2.40. The van der Waals surface area contributed by atoms with Crippen LogP contribution in [-0.4, -0.2) is 48.1 Å². The molecule has 16 unspecified atom stereocenters. The monoisotopic (exact) mass is 597 g/mol. The van der Waals surface area contributed by atoms with Crippen LogP contribution in [0.2, 0.25) is 0 Å². The molecule has 6 aliphatic carbocycles. The van der Waals surface area contributed by atoms with Gasteiger partial charge in [-0.25, -0.2) is 0 Å². The van der Waals surface area contributed by atoms with Crippen molar-refractivity contribution in [2.24, 2.45) is 71.0 Å². The second-order valence-electron chi connectivity index (χ2n) is 18.5. The lowest BCUT2D eigenvalue weighted by atomic mass is 9.68. The maximum atomic E-state index is 2.96. The van der Waals surface area contributed by atoms with Crippen molar-refractivity contribution in [3.63, 3.8) is 0 Å². The third-order valence-electron chi connectivity index (χ3n) is 16.7. The summed E-state index contributed by atoms with van der Waals surface area (Å²) in [6, 6.07) is 14.0. The van der Waals surface area contributed by atoms with Crippen LogP contribution in [0.1, 0.15) is 115 Å². The Hall–Kier alpha value is -0.860. The quantitative estimate of drug-likeness (QED) is 0.342. The third-order valence-corrected chi connectivity index (χ3v) is 16.7. The standard InChI is InChI=1S/C42H64N2/c1-25-13-19-37-35(21-25)39-33(29-9-5-7-11-31(29)41(39)43(37)3)23-27-15-17-28(18-16-27)24-34-30-10-6-8-12-32(30)42-40(34)36-22-26(2)14-20-38(36)44(42)4/h15-18,25-26,29-42H,5-14,19-24H2,1-4H3. The predicted octanol–water partition coefficient (Wildman–Crippen LogP) is 9.11.